The monoisotopic (exact) mass is 308 g/mol. The summed E-state index contributed by atoms with van der Waals surface area (Å²) in [5, 5.41) is 0.0521. The zero-order valence-corrected chi connectivity index (χ0v) is 12.5. The lowest BCUT2D eigenvalue weighted by Crippen LogP contribution is -2.26. The number of nitrogens with zero attached hydrogens (tertiary/aromatic N) is 2. The summed E-state index contributed by atoms with van der Waals surface area (Å²) in [5.74, 6) is 0.0169. The molecule has 1 amide bonds. The van der Waals surface area contributed by atoms with Crippen LogP contribution in [-0.4, -0.2) is 35.6 Å². The van der Waals surface area contributed by atoms with Gasteiger partial charge >= 0.3 is 0 Å². The van der Waals surface area contributed by atoms with E-state index in [2.05, 4.69) is 9.97 Å². The van der Waals surface area contributed by atoms with Gasteiger partial charge in [0.25, 0.3) is 10.0 Å². The maximum atomic E-state index is 12.3. The Morgan fingerprint density at radius 3 is 2.43 bits per heavy atom. The number of rotatable bonds is 5. The van der Waals surface area contributed by atoms with Crippen LogP contribution in [0.2, 0.25) is 0 Å². The Morgan fingerprint density at radius 1 is 1.33 bits per heavy atom. The molecule has 0 radical (unpaired) electrons. The van der Waals surface area contributed by atoms with Crippen LogP contribution in [0.15, 0.2) is 35.5 Å². The second-order valence-corrected chi connectivity index (χ2v) is 6.67. The van der Waals surface area contributed by atoms with E-state index in [-0.39, 0.29) is 11.6 Å². The summed E-state index contributed by atoms with van der Waals surface area (Å²) < 4.78 is 25.8. The normalized spacial score (nSPS) is 11.8. The number of benzene rings is 1. The van der Waals surface area contributed by atoms with Gasteiger partial charge in [-0.2, -0.15) is 4.31 Å². The number of nitrogens with one attached hydrogen (secondary N) is 1. The molecule has 0 aliphatic carbocycles. The number of hydrogen-bond acceptors (Lipinski definition) is 4. The highest BCUT2D eigenvalue weighted by atomic mass is 32.2. The zero-order chi connectivity index (χ0) is 15.6. The molecule has 0 spiro atoms. The largest absolute Gasteiger partial charge is 0.366 e. The topological polar surface area (TPSA) is 109 Å². The molecule has 7 nitrogen and oxygen atoms in total. The molecule has 0 unspecified atom stereocenters. The first-order valence-electron chi connectivity index (χ1n) is 6.17. The maximum absolute atomic E-state index is 12.3. The minimum atomic E-state index is -3.62. The number of nitrogens with two attached hydrogens (primary N) is 1. The number of H-pyrrole nitrogens is 1. The predicted molar refractivity (Wildman–Crippen MR) is 76.9 cm³/mol. The summed E-state index contributed by atoms with van der Waals surface area (Å²) in [6, 6.07) is 6.48. The fourth-order valence-corrected chi connectivity index (χ4v) is 2.93. The van der Waals surface area contributed by atoms with Crippen molar-refractivity contribution in [1.82, 2.24) is 14.3 Å². The molecule has 0 aliphatic rings. The SMILES string of the molecule is Cc1ncc(S(=O)(=O)N(C)Cc2ccc(C(N)=O)cc2)[nH]1. The number of carbonyl (C=O) groups is 1. The van der Waals surface area contributed by atoms with Crippen molar-refractivity contribution in [2.24, 2.45) is 5.73 Å². The highest BCUT2D eigenvalue weighted by Gasteiger charge is 2.22. The lowest BCUT2D eigenvalue weighted by Gasteiger charge is -2.16. The van der Waals surface area contributed by atoms with Crippen LogP contribution in [0, 0.1) is 6.92 Å². The molecule has 8 heteroatoms. The van der Waals surface area contributed by atoms with Crippen molar-refractivity contribution >= 4 is 15.9 Å². The number of aromatic nitrogens is 2. The van der Waals surface area contributed by atoms with Gasteiger partial charge in [-0.3, -0.25) is 4.79 Å². The quantitative estimate of drug-likeness (QED) is 0.844. The van der Waals surface area contributed by atoms with Crippen molar-refractivity contribution < 1.29 is 13.2 Å². The standard InChI is InChI=1S/C13H16N4O3S/c1-9-15-7-12(16-9)21(19,20)17(2)8-10-3-5-11(6-4-10)13(14)18/h3-7H,8H2,1-2H3,(H2,14,18)(H,15,16). The Labute approximate surface area is 122 Å². The van der Waals surface area contributed by atoms with E-state index in [0.29, 0.717) is 11.4 Å². The fourth-order valence-electron chi connectivity index (χ4n) is 1.81. The summed E-state index contributed by atoms with van der Waals surface area (Å²) >= 11 is 0. The third-order valence-electron chi connectivity index (χ3n) is 3.01. The summed E-state index contributed by atoms with van der Waals surface area (Å²) in [4.78, 5) is 17.6. The van der Waals surface area contributed by atoms with Crippen LogP contribution < -0.4 is 5.73 Å². The third-order valence-corrected chi connectivity index (χ3v) is 4.72. The first-order chi connectivity index (χ1) is 9.80. The van der Waals surface area contributed by atoms with Gasteiger partial charge in [0.2, 0.25) is 5.91 Å². The summed E-state index contributed by atoms with van der Waals surface area (Å²) in [6.07, 6.45) is 1.29. The smallest absolute Gasteiger partial charge is 0.260 e. The van der Waals surface area contributed by atoms with Gasteiger partial charge in [0.15, 0.2) is 5.03 Å². The second kappa shape index (κ2) is 5.66. The molecule has 1 heterocycles. The van der Waals surface area contributed by atoms with E-state index in [4.69, 9.17) is 5.73 Å². The Bertz CT molecular complexity index is 750. The van der Waals surface area contributed by atoms with E-state index >= 15 is 0 Å². The number of aryl methyl sites for hydroxylation is 1. The fraction of sp³-hybridized carbons (Fsp3) is 0.231. The summed E-state index contributed by atoms with van der Waals surface area (Å²) in [7, 11) is -2.14. The number of imidazole rings is 1. The molecule has 0 saturated carbocycles. The van der Waals surface area contributed by atoms with Gasteiger partial charge in [0.1, 0.15) is 5.82 Å². The van der Waals surface area contributed by atoms with Gasteiger partial charge in [0.05, 0.1) is 6.20 Å². The minimum Gasteiger partial charge on any atom is -0.366 e. The van der Waals surface area contributed by atoms with Crippen LogP contribution in [0.1, 0.15) is 21.7 Å². The van der Waals surface area contributed by atoms with Crippen molar-refractivity contribution in [3.63, 3.8) is 0 Å². The number of aromatic amines is 1. The van der Waals surface area contributed by atoms with Crippen LogP contribution in [0.3, 0.4) is 0 Å². The van der Waals surface area contributed by atoms with Crippen molar-refractivity contribution in [3.05, 3.63) is 47.4 Å². The lowest BCUT2D eigenvalue weighted by molar-refractivity contribution is 0.1000. The molecule has 3 N–H and O–H groups in total. The van der Waals surface area contributed by atoms with E-state index in [1.807, 2.05) is 0 Å². The Kier molecular flexibility index (Phi) is 4.10. The summed E-state index contributed by atoms with van der Waals surface area (Å²) in [6.45, 7) is 1.86. The molecule has 1 aromatic carbocycles. The number of amides is 1. The molecule has 21 heavy (non-hydrogen) atoms. The average Bonchev–Trinajstić information content (AvgIpc) is 2.86. The Hall–Kier alpha value is -2.19. The summed E-state index contributed by atoms with van der Waals surface area (Å²) in [5.41, 5.74) is 6.29. The van der Waals surface area contributed by atoms with E-state index in [1.54, 1.807) is 31.2 Å². The molecule has 0 atom stereocenters. The van der Waals surface area contributed by atoms with Crippen LogP contribution in [0.5, 0.6) is 0 Å². The van der Waals surface area contributed by atoms with Crippen molar-refractivity contribution in [2.75, 3.05) is 7.05 Å². The predicted octanol–water partition coefficient (Wildman–Crippen LogP) is 0.638. The minimum absolute atomic E-state index is 0.0521. The van der Waals surface area contributed by atoms with Gasteiger partial charge in [-0.25, -0.2) is 13.4 Å². The van der Waals surface area contributed by atoms with Gasteiger partial charge in [-0.05, 0) is 24.6 Å². The molecule has 1 aromatic heterocycles. The molecule has 0 aliphatic heterocycles. The van der Waals surface area contributed by atoms with E-state index < -0.39 is 15.9 Å². The van der Waals surface area contributed by atoms with Gasteiger partial charge in [-0.1, -0.05) is 12.1 Å². The molecule has 112 valence electrons. The van der Waals surface area contributed by atoms with Gasteiger partial charge < -0.3 is 10.7 Å². The Morgan fingerprint density at radius 2 is 1.95 bits per heavy atom. The van der Waals surface area contributed by atoms with Gasteiger partial charge in [0, 0.05) is 19.2 Å². The average molecular weight is 308 g/mol. The molecule has 0 fully saturated rings. The molecular weight excluding hydrogens is 292 g/mol. The first kappa shape index (κ1) is 15.2. The third kappa shape index (κ3) is 3.29. The van der Waals surface area contributed by atoms with Gasteiger partial charge in [-0.15, -0.1) is 0 Å². The van der Waals surface area contributed by atoms with Crippen LogP contribution in [-0.2, 0) is 16.6 Å². The van der Waals surface area contributed by atoms with E-state index in [1.165, 1.54) is 17.5 Å². The number of primary amides is 1. The molecule has 2 rings (SSSR count). The molecule has 0 saturated heterocycles. The molecule has 2 aromatic rings. The highest BCUT2D eigenvalue weighted by molar-refractivity contribution is 7.89. The highest BCUT2D eigenvalue weighted by Crippen LogP contribution is 2.15. The van der Waals surface area contributed by atoms with E-state index in [9.17, 15) is 13.2 Å². The van der Waals surface area contributed by atoms with Crippen molar-refractivity contribution in [1.29, 1.82) is 0 Å². The number of sulfonamides is 1. The number of carbonyl (C=O) groups excluding carboxylic acids is 1. The van der Waals surface area contributed by atoms with Crippen LogP contribution in [0.4, 0.5) is 0 Å². The van der Waals surface area contributed by atoms with Crippen molar-refractivity contribution in [2.45, 2.75) is 18.5 Å². The maximum Gasteiger partial charge on any atom is 0.260 e. The van der Waals surface area contributed by atoms with Crippen LogP contribution in [0.25, 0.3) is 0 Å². The van der Waals surface area contributed by atoms with Crippen LogP contribution >= 0.6 is 0 Å². The zero-order valence-electron chi connectivity index (χ0n) is 11.7. The second-order valence-electron chi connectivity index (χ2n) is 4.66. The number of hydrogen-bond donors (Lipinski definition) is 2. The molecular formula is C13H16N4O3S. The lowest BCUT2D eigenvalue weighted by atomic mass is 10.1. The first-order valence-corrected chi connectivity index (χ1v) is 7.61. The Balaban J connectivity index is 2.17. The molecule has 0 bridgehead atoms. The van der Waals surface area contributed by atoms with E-state index in [0.717, 1.165) is 5.56 Å². The van der Waals surface area contributed by atoms with Crippen molar-refractivity contribution in [3.8, 4) is 0 Å².